The van der Waals surface area contributed by atoms with Gasteiger partial charge in [0.15, 0.2) is 23.9 Å². The molecular formula is C12H11F2N5O4. The lowest BCUT2D eigenvalue weighted by Crippen LogP contribution is -2.44. The number of nitrogen functional groups attached to an aromatic ring is 1. The van der Waals surface area contributed by atoms with Gasteiger partial charge >= 0.3 is 6.01 Å². The number of aromatic nitrogens is 3. The Morgan fingerprint density at radius 3 is 2.78 bits per heavy atom. The normalized spacial score (nSPS) is 30.7. The van der Waals surface area contributed by atoms with E-state index in [0.29, 0.717) is 0 Å². The molecule has 4 atom stereocenters. The van der Waals surface area contributed by atoms with E-state index < -0.39 is 42.5 Å². The molecule has 0 saturated carbocycles. The number of nitrogens with zero attached hydrogens (tertiary/aromatic N) is 4. The first-order valence-electron chi connectivity index (χ1n) is 6.39. The Bertz CT molecular complexity index is 822. The molecule has 0 radical (unpaired) electrons. The van der Waals surface area contributed by atoms with Gasteiger partial charge in [-0.25, -0.2) is 8.78 Å². The highest BCUT2D eigenvalue weighted by Gasteiger charge is 2.56. The fourth-order valence-corrected chi connectivity index (χ4v) is 2.54. The van der Waals surface area contributed by atoms with E-state index in [4.69, 9.17) is 15.7 Å². The number of ether oxygens (including phenoxy) is 1. The molecule has 1 aliphatic heterocycles. The molecule has 2 aromatic heterocycles. The fraction of sp³-hybridized carbons (Fsp3) is 0.417. The van der Waals surface area contributed by atoms with Crippen molar-refractivity contribution in [2.45, 2.75) is 24.1 Å². The molecule has 1 saturated heterocycles. The van der Waals surface area contributed by atoms with Crippen LogP contribution in [0.5, 0.6) is 6.01 Å². The Morgan fingerprint density at radius 2 is 2.22 bits per heavy atom. The van der Waals surface area contributed by atoms with E-state index in [2.05, 4.69) is 9.97 Å². The minimum Gasteiger partial charge on any atom is -0.479 e. The molecule has 3 rings (SSSR count). The number of rotatable bonds is 2. The van der Waals surface area contributed by atoms with Crippen LogP contribution in [-0.2, 0) is 4.74 Å². The molecule has 1 fully saturated rings. The molecular weight excluding hydrogens is 316 g/mol. The quantitative estimate of drug-likeness (QED) is 0.567. The Labute approximate surface area is 127 Å². The van der Waals surface area contributed by atoms with Crippen molar-refractivity contribution in [1.29, 1.82) is 5.26 Å². The van der Waals surface area contributed by atoms with Crippen LogP contribution in [0.3, 0.4) is 0 Å². The van der Waals surface area contributed by atoms with Gasteiger partial charge in [0.1, 0.15) is 18.0 Å². The molecule has 0 aliphatic carbocycles. The summed E-state index contributed by atoms with van der Waals surface area (Å²) in [6.45, 7) is -0.967. The van der Waals surface area contributed by atoms with E-state index in [1.165, 1.54) is 6.07 Å². The monoisotopic (exact) mass is 327 g/mol. The second-order valence-electron chi connectivity index (χ2n) is 5.05. The van der Waals surface area contributed by atoms with Gasteiger partial charge in [-0.3, -0.25) is 4.57 Å². The zero-order valence-electron chi connectivity index (χ0n) is 11.4. The zero-order chi connectivity index (χ0) is 16.9. The van der Waals surface area contributed by atoms with E-state index in [0.717, 1.165) is 10.8 Å². The maximum Gasteiger partial charge on any atom is 0.317 e. The van der Waals surface area contributed by atoms with Crippen LogP contribution < -0.4 is 5.73 Å². The number of anilines is 1. The smallest absolute Gasteiger partial charge is 0.317 e. The minimum absolute atomic E-state index is 0.272. The van der Waals surface area contributed by atoms with Crippen LogP contribution in [0.15, 0.2) is 6.20 Å². The second-order valence-corrected chi connectivity index (χ2v) is 5.05. The molecule has 5 N–H and O–H groups in total. The van der Waals surface area contributed by atoms with Gasteiger partial charge in [-0.05, 0) is 0 Å². The Kier molecular flexibility index (Phi) is 3.33. The average Bonchev–Trinajstić information content (AvgIpc) is 2.96. The number of nitriles is 1. The summed E-state index contributed by atoms with van der Waals surface area (Å²) in [5.41, 5.74) is 3.02. The Hall–Kier alpha value is -2.55. The van der Waals surface area contributed by atoms with Crippen LogP contribution in [0.2, 0.25) is 0 Å². The number of hydrogen-bond acceptors (Lipinski definition) is 8. The van der Waals surface area contributed by atoms with Crippen molar-refractivity contribution in [2.75, 3.05) is 12.3 Å². The van der Waals surface area contributed by atoms with E-state index in [1.807, 2.05) is 0 Å². The molecule has 0 spiro atoms. The van der Waals surface area contributed by atoms with Crippen LogP contribution in [0.25, 0.3) is 11.0 Å². The number of nitrogens with two attached hydrogens (primary N) is 1. The van der Waals surface area contributed by atoms with Crippen molar-refractivity contribution in [3.05, 3.63) is 12.0 Å². The summed E-state index contributed by atoms with van der Waals surface area (Å²) in [5, 5.41) is 37.2. The van der Waals surface area contributed by atoms with Crippen LogP contribution in [0.1, 0.15) is 6.23 Å². The number of aliphatic hydroxyl groups is 2. The van der Waals surface area contributed by atoms with Crippen molar-refractivity contribution in [2.24, 2.45) is 0 Å². The fourth-order valence-electron chi connectivity index (χ4n) is 2.54. The molecule has 2 aromatic rings. The van der Waals surface area contributed by atoms with Gasteiger partial charge < -0.3 is 25.8 Å². The average molecular weight is 327 g/mol. The molecule has 0 amide bonds. The van der Waals surface area contributed by atoms with Crippen molar-refractivity contribution in [3.8, 4) is 12.1 Å². The van der Waals surface area contributed by atoms with E-state index in [1.54, 1.807) is 0 Å². The number of hydrogen-bond donors (Lipinski definition) is 4. The summed E-state index contributed by atoms with van der Waals surface area (Å²) in [7, 11) is 0. The van der Waals surface area contributed by atoms with Gasteiger partial charge in [0.2, 0.25) is 5.60 Å². The standard InChI is InChI=1S/C12H11F2N5O4/c13-4-1-19(9-5(4)8(16)17-11(22)18-9)10-6(14)7(21)12(2-15,3-20)23-10/h1,6-7,10,20-21H,3H2,(H3,16,17,18,22). The third-order valence-corrected chi connectivity index (χ3v) is 3.72. The predicted octanol–water partition coefficient (Wildman–Crippen LogP) is -0.659. The number of halogens is 2. The van der Waals surface area contributed by atoms with Crippen molar-refractivity contribution < 1.29 is 28.8 Å². The lowest BCUT2D eigenvalue weighted by Gasteiger charge is -2.21. The SMILES string of the molecule is N#CC1(CO)OC(n2cc(F)c3c(N)nc(O)nc32)C(F)C1O. The summed E-state index contributed by atoms with van der Waals surface area (Å²) >= 11 is 0. The highest BCUT2D eigenvalue weighted by atomic mass is 19.1. The van der Waals surface area contributed by atoms with Gasteiger partial charge in [-0.1, -0.05) is 0 Å². The first kappa shape index (κ1) is 15.3. The topological polar surface area (TPSA) is 150 Å². The van der Waals surface area contributed by atoms with Crippen molar-refractivity contribution in [3.63, 3.8) is 0 Å². The highest BCUT2D eigenvalue weighted by Crippen LogP contribution is 2.41. The molecule has 9 nitrogen and oxygen atoms in total. The molecule has 0 bridgehead atoms. The second kappa shape index (κ2) is 4.98. The Balaban J connectivity index is 2.17. The first-order valence-corrected chi connectivity index (χ1v) is 6.39. The van der Waals surface area contributed by atoms with E-state index in [9.17, 15) is 24.1 Å². The van der Waals surface area contributed by atoms with E-state index >= 15 is 0 Å². The van der Waals surface area contributed by atoms with Crippen LogP contribution >= 0.6 is 0 Å². The minimum atomic E-state index is -2.20. The predicted molar refractivity (Wildman–Crippen MR) is 70.0 cm³/mol. The number of aliphatic hydroxyl groups excluding tert-OH is 2. The third kappa shape index (κ3) is 2.00. The maximum atomic E-state index is 14.4. The van der Waals surface area contributed by atoms with E-state index in [-0.39, 0.29) is 16.9 Å². The van der Waals surface area contributed by atoms with Gasteiger partial charge in [-0.2, -0.15) is 15.2 Å². The molecule has 3 heterocycles. The van der Waals surface area contributed by atoms with Gasteiger partial charge in [0.05, 0.1) is 12.0 Å². The zero-order valence-corrected chi connectivity index (χ0v) is 11.4. The highest BCUT2D eigenvalue weighted by molar-refractivity contribution is 5.87. The molecule has 1 aliphatic rings. The van der Waals surface area contributed by atoms with Gasteiger partial charge in [0, 0.05) is 6.20 Å². The number of alkyl halides is 1. The van der Waals surface area contributed by atoms with Crippen LogP contribution in [0.4, 0.5) is 14.6 Å². The summed E-state index contributed by atoms with van der Waals surface area (Å²) in [6.07, 6.45) is -4.98. The lowest BCUT2D eigenvalue weighted by molar-refractivity contribution is -0.0912. The van der Waals surface area contributed by atoms with Crippen LogP contribution in [-0.4, -0.2) is 54.3 Å². The largest absolute Gasteiger partial charge is 0.479 e. The van der Waals surface area contributed by atoms with Crippen LogP contribution in [0, 0.1) is 17.1 Å². The van der Waals surface area contributed by atoms with Crippen molar-refractivity contribution >= 4 is 16.9 Å². The summed E-state index contributed by atoms with van der Waals surface area (Å²) in [6, 6.07) is 0.742. The maximum absolute atomic E-state index is 14.4. The molecule has 4 unspecified atom stereocenters. The Morgan fingerprint density at radius 1 is 1.52 bits per heavy atom. The van der Waals surface area contributed by atoms with Gasteiger partial charge in [0.25, 0.3) is 0 Å². The molecule has 0 aromatic carbocycles. The summed E-state index contributed by atoms with van der Waals surface area (Å²) < 4.78 is 34.3. The summed E-state index contributed by atoms with van der Waals surface area (Å²) in [5.74, 6) is -1.27. The molecule has 11 heteroatoms. The third-order valence-electron chi connectivity index (χ3n) is 3.72. The molecule has 122 valence electrons. The van der Waals surface area contributed by atoms with Crippen molar-refractivity contribution in [1.82, 2.24) is 14.5 Å². The molecule has 23 heavy (non-hydrogen) atoms. The number of aromatic hydroxyl groups is 1. The first-order chi connectivity index (χ1) is 10.8. The van der Waals surface area contributed by atoms with Gasteiger partial charge in [-0.15, -0.1) is 0 Å². The summed E-state index contributed by atoms with van der Waals surface area (Å²) in [4.78, 5) is 6.96. The lowest BCUT2D eigenvalue weighted by atomic mass is 9.99. The number of fused-ring (bicyclic) bond motifs is 1.